The van der Waals surface area contributed by atoms with Gasteiger partial charge in [0.05, 0.1) is 0 Å². The van der Waals surface area contributed by atoms with Gasteiger partial charge in [-0.05, 0) is 48.5 Å². The lowest BCUT2D eigenvalue weighted by atomic mass is 9.69. The predicted octanol–water partition coefficient (Wildman–Crippen LogP) is 1.94. The molecule has 84 valence electrons. The van der Waals surface area contributed by atoms with Crippen LogP contribution < -0.4 is 5.73 Å². The Hall–Kier alpha value is -0.370. The van der Waals surface area contributed by atoms with Gasteiger partial charge in [-0.25, -0.2) is 0 Å². The minimum absolute atomic E-state index is 0.421. The Labute approximate surface area is 92.3 Å². The van der Waals surface area contributed by atoms with E-state index in [0.717, 1.165) is 36.1 Å². The molecule has 3 aliphatic rings. The van der Waals surface area contributed by atoms with E-state index < -0.39 is 0 Å². The highest BCUT2D eigenvalue weighted by Gasteiger charge is 2.78. The molecule has 0 radical (unpaired) electrons. The number of aliphatic imine (C=N–C) groups is 1. The summed E-state index contributed by atoms with van der Waals surface area (Å²) >= 11 is 0. The Morgan fingerprint density at radius 1 is 1.47 bits per heavy atom. The third-order valence-electron chi connectivity index (χ3n) is 5.64. The molecule has 1 spiro atoms. The summed E-state index contributed by atoms with van der Waals surface area (Å²) in [5.74, 6) is 5.06. The Morgan fingerprint density at radius 3 is 2.60 bits per heavy atom. The summed E-state index contributed by atoms with van der Waals surface area (Å²) in [4.78, 5) is 4.48. The van der Waals surface area contributed by atoms with Crippen molar-refractivity contribution in [3.05, 3.63) is 0 Å². The molecule has 0 aromatic carbocycles. The second kappa shape index (κ2) is 2.85. The van der Waals surface area contributed by atoms with Gasteiger partial charge in [0.1, 0.15) is 5.54 Å². The van der Waals surface area contributed by atoms with Crippen molar-refractivity contribution < 1.29 is 0 Å². The Bertz CT molecular complexity index is 304. The van der Waals surface area contributed by atoms with Gasteiger partial charge >= 0.3 is 0 Å². The normalized spacial score (nSPS) is 50.5. The zero-order valence-corrected chi connectivity index (χ0v) is 9.98. The van der Waals surface area contributed by atoms with Crippen LogP contribution in [0.4, 0.5) is 0 Å². The summed E-state index contributed by atoms with van der Waals surface area (Å²) in [6, 6.07) is 0. The maximum atomic E-state index is 5.76. The summed E-state index contributed by atoms with van der Waals surface area (Å²) < 4.78 is 0. The van der Waals surface area contributed by atoms with E-state index in [1.165, 1.54) is 6.42 Å². The molecule has 6 unspecified atom stereocenters. The molecule has 2 fully saturated rings. The van der Waals surface area contributed by atoms with Crippen LogP contribution in [0.2, 0.25) is 0 Å². The number of hydrogen-bond donors (Lipinski definition) is 1. The van der Waals surface area contributed by atoms with Gasteiger partial charge in [-0.2, -0.15) is 0 Å². The molecule has 1 heterocycles. The molecule has 3 rings (SSSR count). The van der Waals surface area contributed by atoms with Crippen molar-refractivity contribution in [2.24, 2.45) is 46.2 Å². The van der Waals surface area contributed by atoms with Crippen LogP contribution in [0.25, 0.3) is 0 Å². The van der Waals surface area contributed by atoms with Crippen LogP contribution in [-0.2, 0) is 0 Å². The molecule has 1 aliphatic heterocycles. The minimum Gasteiger partial charge on any atom is -0.330 e. The summed E-state index contributed by atoms with van der Waals surface area (Å²) in [5.41, 5.74) is 6.18. The van der Waals surface area contributed by atoms with Crippen LogP contribution in [0.1, 0.15) is 27.2 Å². The van der Waals surface area contributed by atoms with Crippen molar-refractivity contribution in [3.63, 3.8) is 0 Å². The smallest absolute Gasteiger partial charge is 0.102 e. The van der Waals surface area contributed by atoms with Crippen molar-refractivity contribution in [1.29, 1.82) is 0 Å². The Kier molecular flexibility index (Phi) is 1.87. The fourth-order valence-corrected chi connectivity index (χ4v) is 3.82. The second-order valence-corrected chi connectivity index (χ2v) is 6.11. The van der Waals surface area contributed by atoms with E-state index in [4.69, 9.17) is 5.73 Å². The lowest BCUT2D eigenvalue weighted by Crippen LogP contribution is -2.32. The van der Waals surface area contributed by atoms with E-state index in [-0.39, 0.29) is 0 Å². The zero-order valence-electron chi connectivity index (χ0n) is 9.98. The van der Waals surface area contributed by atoms with Gasteiger partial charge in [0, 0.05) is 6.21 Å². The van der Waals surface area contributed by atoms with Crippen molar-refractivity contribution in [3.8, 4) is 0 Å². The van der Waals surface area contributed by atoms with Gasteiger partial charge in [0.25, 0.3) is 0 Å². The monoisotopic (exact) mass is 206 g/mol. The van der Waals surface area contributed by atoms with E-state index in [1.807, 2.05) is 0 Å². The first kappa shape index (κ1) is 9.83. The highest BCUT2D eigenvalue weighted by atomic mass is 15.1. The number of rotatable bonds is 4. The number of nitrogens with zero attached hydrogens (tertiary/aromatic N) is 1. The first-order chi connectivity index (χ1) is 7.12. The molecule has 0 aromatic rings. The van der Waals surface area contributed by atoms with E-state index in [9.17, 15) is 0 Å². The van der Waals surface area contributed by atoms with Crippen molar-refractivity contribution in [2.75, 3.05) is 6.54 Å². The summed E-state index contributed by atoms with van der Waals surface area (Å²) in [6.07, 6.45) is 3.62. The van der Waals surface area contributed by atoms with Crippen LogP contribution in [0.15, 0.2) is 4.99 Å². The summed E-state index contributed by atoms with van der Waals surface area (Å²) in [6.45, 7) is 7.91. The minimum atomic E-state index is 0.421. The highest BCUT2D eigenvalue weighted by molar-refractivity contribution is 5.91. The van der Waals surface area contributed by atoms with E-state index in [2.05, 4.69) is 32.0 Å². The van der Waals surface area contributed by atoms with Crippen LogP contribution in [0.3, 0.4) is 0 Å². The molecule has 0 aromatic heterocycles. The quantitative estimate of drug-likeness (QED) is 0.750. The molecular formula is C13H22N2. The first-order valence-corrected chi connectivity index (χ1v) is 6.38. The molecule has 2 nitrogen and oxygen atoms in total. The maximum Gasteiger partial charge on any atom is 0.102 e. The van der Waals surface area contributed by atoms with Gasteiger partial charge in [-0.15, -0.1) is 0 Å². The molecule has 2 heteroatoms. The van der Waals surface area contributed by atoms with Gasteiger partial charge in [0.2, 0.25) is 0 Å². The van der Waals surface area contributed by atoms with Crippen LogP contribution in [0, 0.1) is 35.5 Å². The van der Waals surface area contributed by atoms with Crippen molar-refractivity contribution in [1.82, 2.24) is 0 Å². The molecule has 2 aliphatic carbocycles. The third kappa shape index (κ3) is 1.12. The van der Waals surface area contributed by atoms with Crippen LogP contribution in [0.5, 0.6) is 0 Å². The van der Waals surface area contributed by atoms with Crippen molar-refractivity contribution in [2.45, 2.75) is 32.7 Å². The molecule has 0 saturated heterocycles. The molecule has 15 heavy (non-hydrogen) atoms. The second-order valence-electron chi connectivity index (χ2n) is 6.11. The molecular weight excluding hydrogens is 184 g/mol. The lowest BCUT2D eigenvalue weighted by molar-refractivity contribution is 0.124. The zero-order chi connectivity index (χ0) is 10.8. The number of fused-ring (bicyclic) bond motifs is 3. The highest BCUT2D eigenvalue weighted by Crippen LogP contribution is 2.74. The molecule has 2 saturated carbocycles. The fraction of sp³-hybridized carbons (Fsp3) is 0.923. The Balaban J connectivity index is 1.59. The largest absolute Gasteiger partial charge is 0.330 e. The number of hydrogen-bond acceptors (Lipinski definition) is 2. The van der Waals surface area contributed by atoms with E-state index in [1.54, 1.807) is 0 Å². The standard InChI is InChI=1S/C13H22N2/c1-7(5-14)8(2)9(3)10-4-11-12(10)13(11)6-15-13/h6-12H,4-5,14H2,1-3H3/t7?,8?,9?,10?,11?,12?,13-/m1/s1. The Morgan fingerprint density at radius 2 is 2.13 bits per heavy atom. The molecule has 7 atom stereocenters. The van der Waals surface area contributed by atoms with Gasteiger partial charge in [0.15, 0.2) is 0 Å². The predicted molar refractivity (Wildman–Crippen MR) is 62.9 cm³/mol. The summed E-state index contributed by atoms with van der Waals surface area (Å²) in [7, 11) is 0. The lowest BCUT2D eigenvalue weighted by Gasteiger charge is -2.36. The van der Waals surface area contributed by atoms with Crippen LogP contribution >= 0.6 is 0 Å². The van der Waals surface area contributed by atoms with Crippen LogP contribution in [-0.4, -0.2) is 18.3 Å². The molecule has 0 bridgehead atoms. The van der Waals surface area contributed by atoms with E-state index in [0.29, 0.717) is 11.5 Å². The van der Waals surface area contributed by atoms with Gasteiger partial charge in [-0.1, -0.05) is 20.8 Å². The topological polar surface area (TPSA) is 38.4 Å². The fourth-order valence-electron chi connectivity index (χ4n) is 3.82. The average molecular weight is 206 g/mol. The molecule has 0 amide bonds. The first-order valence-electron chi connectivity index (χ1n) is 6.38. The summed E-state index contributed by atoms with van der Waals surface area (Å²) in [5, 5.41) is 0. The van der Waals surface area contributed by atoms with Gasteiger partial charge in [-0.3, -0.25) is 4.99 Å². The number of nitrogens with two attached hydrogens (primary N) is 1. The average Bonchev–Trinajstić information content (AvgIpc) is 3.03. The van der Waals surface area contributed by atoms with Gasteiger partial charge < -0.3 is 5.73 Å². The maximum absolute atomic E-state index is 5.76. The SMILES string of the molecule is CC(CN)C(C)C(C)C1CC2C1[C@@]21C=N1. The van der Waals surface area contributed by atoms with E-state index >= 15 is 0 Å². The molecule has 2 N–H and O–H groups in total. The third-order valence-corrected chi connectivity index (χ3v) is 5.64. The van der Waals surface area contributed by atoms with Crippen molar-refractivity contribution >= 4 is 6.21 Å².